The van der Waals surface area contributed by atoms with Gasteiger partial charge in [-0.15, -0.1) is 0 Å². The van der Waals surface area contributed by atoms with Crippen molar-refractivity contribution in [2.24, 2.45) is 0 Å². The molecule has 3 aliphatic rings. The molecule has 2 aliphatic heterocycles. The third-order valence-electron chi connectivity index (χ3n) is 8.84. The maximum atomic E-state index is 13.7. The van der Waals surface area contributed by atoms with Crippen LogP contribution >= 0.6 is 0 Å². The Bertz CT molecular complexity index is 1280. The van der Waals surface area contributed by atoms with E-state index in [4.69, 9.17) is 4.74 Å². The lowest BCUT2D eigenvalue weighted by molar-refractivity contribution is -0.138. The SMILES string of the molecule is Cc1c(C(C)NC(=O)c2cn(C3CCOCC3)c(=O)cc2N[C@@H]2CCN(C)C3(CC3)C2)cccc1C(F)(F)F. The number of pyridine rings is 1. The molecule has 0 bridgehead atoms. The van der Waals surface area contributed by atoms with Gasteiger partial charge in [0.15, 0.2) is 0 Å². The first-order chi connectivity index (χ1) is 18.5. The number of carbonyl (C=O) groups excluding carboxylic acids is 1. The second kappa shape index (κ2) is 10.6. The van der Waals surface area contributed by atoms with E-state index in [1.54, 1.807) is 23.8 Å². The molecule has 2 N–H and O–H groups in total. The van der Waals surface area contributed by atoms with E-state index in [-0.39, 0.29) is 28.7 Å². The number of likely N-dealkylation sites (tertiary alicyclic amines) is 1. The van der Waals surface area contributed by atoms with Gasteiger partial charge in [0, 0.05) is 49.6 Å². The molecule has 1 spiro atoms. The molecule has 3 fully saturated rings. The molecule has 1 amide bonds. The molecule has 1 aliphatic carbocycles. The van der Waals surface area contributed by atoms with E-state index in [0.29, 0.717) is 42.9 Å². The Labute approximate surface area is 226 Å². The number of hydrogen-bond acceptors (Lipinski definition) is 5. The number of alkyl halides is 3. The molecule has 10 heteroatoms. The minimum Gasteiger partial charge on any atom is -0.381 e. The lowest BCUT2D eigenvalue weighted by Crippen LogP contribution is -2.46. The van der Waals surface area contributed by atoms with Crippen LogP contribution in [0.3, 0.4) is 0 Å². The van der Waals surface area contributed by atoms with Gasteiger partial charge in [0.25, 0.3) is 11.5 Å². The summed E-state index contributed by atoms with van der Waals surface area (Å²) in [7, 11) is 2.15. The van der Waals surface area contributed by atoms with Crippen LogP contribution in [0.25, 0.3) is 0 Å². The second-order valence-electron chi connectivity index (χ2n) is 11.4. The van der Waals surface area contributed by atoms with Gasteiger partial charge in [0.2, 0.25) is 0 Å². The predicted octanol–water partition coefficient (Wildman–Crippen LogP) is 5.06. The fraction of sp³-hybridized carbons (Fsp3) is 0.586. The van der Waals surface area contributed by atoms with Gasteiger partial charge in [-0.25, -0.2) is 0 Å². The molecule has 1 saturated carbocycles. The maximum Gasteiger partial charge on any atom is 0.416 e. The first-order valence-electron chi connectivity index (χ1n) is 13.8. The number of carbonyl (C=O) groups is 1. The second-order valence-corrected chi connectivity index (χ2v) is 11.4. The highest BCUT2D eigenvalue weighted by molar-refractivity contribution is 5.99. The predicted molar refractivity (Wildman–Crippen MR) is 143 cm³/mol. The zero-order valence-electron chi connectivity index (χ0n) is 22.7. The standard InChI is InChI=1S/C29H37F3N4O3/c1-18-22(5-4-6-24(18)29(30,31)32)19(2)33-27(38)23-17-36(21-8-13-39-14-9-21)26(37)15-25(23)34-20-7-12-35(3)28(16-20)10-11-28/h4-6,15,17,19-21,34H,7-14,16H2,1-3H3,(H,33,38)/t19?,20-/m1/s1. The molecule has 0 radical (unpaired) electrons. The molecule has 5 rings (SSSR count). The summed E-state index contributed by atoms with van der Waals surface area (Å²) < 4.78 is 47.6. The monoisotopic (exact) mass is 546 g/mol. The van der Waals surface area contributed by atoms with Crippen molar-refractivity contribution >= 4 is 11.6 Å². The number of hydrogen-bond donors (Lipinski definition) is 2. The number of aromatic nitrogens is 1. The highest BCUT2D eigenvalue weighted by Gasteiger charge is 2.49. The molecule has 3 heterocycles. The fourth-order valence-electron chi connectivity index (χ4n) is 6.26. The number of nitrogens with zero attached hydrogens (tertiary/aromatic N) is 2. The van der Waals surface area contributed by atoms with E-state index in [1.807, 2.05) is 0 Å². The minimum absolute atomic E-state index is 0.0759. The van der Waals surface area contributed by atoms with Gasteiger partial charge in [-0.2, -0.15) is 13.2 Å². The van der Waals surface area contributed by atoms with Gasteiger partial charge in [-0.3, -0.25) is 9.59 Å². The van der Waals surface area contributed by atoms with Gasteiger partial charge in [0.1, 0.15) is 0 Å². The molecular formula is C29H37F3N4O3. The van der Waals surface area contributed by atoms with Crippen molar-refractivity contribution in [3.63, 3.8) is 0 Å². The Morgan fingerprint density at radius 1 is 1.18 bits per heavy atom. The lowest BCUT2D eigenvalue weighted by atomic mass is 9.95. The normalized spacial score (nSPS) is 22.5. The zero-order chi connectivity index (χ0) is 27.9. The van der Waals surface area contributed by atoms with Crippen LogP contribution in [0, 0.1) is 6.92 Å². The summed E-state index contributed by atoms with van der Waals surface area (Å²) in [5, 5.41) is 6.40. The molecule has 1 aromatic carbocycles. The molecule has 2 saturated heterocycles. The van der Waals surface area contributed by atoms with Crippen molar-refractivity contribution in [2.75, 3.05) is 32.1 Å². The summed E-state index contributed by atoms with van der Waals surface area (Å²) in [6.07, 6.45) is 2.60. The van der Waals surface area contributed by atoms with E-state index in [2.05, 4.69) is 22.6 Å². The van der Waals surface area contributed by atoms with Crippen molar-refractivity contribution in [2.45, 2.75) is 82.2 Å². The van der Waals surface area contributed by atoms with E-state index < -0.39 is 23.7 Å². The topological polar surface area (TPSA) is 75.6 Å². The van der Waals surface area contributed by atoms with E-state index in [0.717, 1.165) is 38.3 Å². The van der Waals surface area contributed by atoms with Gasteiger partial charge < -0.3 is 24.8 Å². The third kappa shape index (κ3) is 5.72. The molecule has 2 atom stereocenters. The number of ether oxygens (including phenoxy) is 1. The third-order valence-corrected chi connectivity index (χ3v) is 8.84. The summed E-state index contributed by atoms with van der Waals surface area (Å²) in [6.45, 7) is 5.12. The van der Waals surface area contributed by atoms with Crippen molar-refractivity contribution in [3.05, 3.63) is 63.1 Å². The minimum atomic E-state index is -4.48. The van der Waals surface area contributed by atoms with Crippen LogP contribution in [0.1, 0.15) is 84.6 Å². The average Bonchev–Trinajstić information content (AvgIpc) is 3.66. The molecule has 1 aromatic heterocycles. The Balaban J connectivity index is 1.44. The van der Waals surface area contributed by atoms with Gasteiger partial charge >= 0.3 is 6.18 Å². The number of halogens is 3. The quantitative estimate of drug-likeness (QED) is 0.530. The molecular weight excluding hydrogens is 509 g/mol. The van der Waals surface area contributed by atoms with Crippen LogP contribution in [-0.4, -0.2) is 53.8 Å². The van der Waals surface area contributed by atoms with Crippen LogP contribution in [0.4, 0.5) is 18.9 Å². The van der Waals surface area contributed by atoms with Crippen LogP contribution in [0.2, 0.25) is 0 Å². The van der Waals surface area contributed by atoms with Crippen molar-refractivity contribution in [1.29, 1.82) is 0 Å². The largest absolute Gasteiger partial charge is 0.416 e. The zero-order valence-corrected chi connectivity index (χ0v) is 22.7. The highest BCUT2D eigenvalue weighted by atomic mass is 19.4. The Kier molecular flexibility index (Phi) is 7.54. The molecule has 212 valence electrons. The van der Waals surface area contributed by atoms with Crippen molar-refractivity contribution < 1.29 is 22.7 Å². The Morgan fingerprint density at radius 3 is 2.56 bits per heavy atom. The highest BCUT2D eigenvalue weighted by Crippen LogP contribution is 2.48. The molecule has 7 nitrogen and oxygen atoms in total. The van der Waals surface area contributed by atoms with Crippen LogP contribution in [0.5, 0.6) is 0 Å². The van der Waals surface area contributed by atoms with Crippen molar-refractivity contribution in [1.82, 2.24) is 14.8 Å². The number of rotatable bonds is 6. The van der Waals surface area contributed by atoms with Crippen molar-refractivity contribution in [3.8, 4) is 0 Å². The van der Waals surface area contributed by atoms with Crippen LogP contribution in [0.15, 0.2) is 35.3 Å². The number of anilines is 1. The number of amides is 1. The summed E-state index contributed by atoms with van der Waals surface area (Å²) >= 11 is 0. The van der Waals surface area contributed by atoms with Gasteiger partial charge in [0.05, 0.1) is 22.9 Å². The summed E-state index contributed by atoms with van der Waals surface area (Å²) in [4.78, 5) is 29.3. The number of piperidine rings is 1. The molecule has 1 unspecified atom stereocenters. The summed E-state index contributed by atoms with van der Waals surface area (Å²) in [6, 6.07) is 4.89. The average molecular weight is 547 g/mol. The number of benzene rings is 1. The van der Waals surface area contributed by atoms with Gasteiger partial charge in [-0.05, 0) is 76.6 Å². The first kappa shape index (κ1) is 27.7. The van der Waals surface area contributed by atoms with Gasteiger partial charge in [-0.1, -0.05) is 12.1 Å². The Morgan fingerprint density at radius 2 is 1.90 bits per heavy atom. The fourth-order valence-corrected chi connectivity index (χ4v) is 6.26. The maximum absolute atomic E-state index is 13.7. The van der Waals surface area contributed by atoms with E-state index >= 15 is 0 Å². The first-order valence-corrected chi connectivity index (χ1v) is 13.8. The summed E-state index contributed by atoms with van der Waals surface area (Å²) in [5.74, 6) is -0.434. The smallest absolute Gasteiger partial charge is 0.381 e. The molecule has 39 heavy (non-hydrogen) atoms. The Hall–Kier alpha value is -2.85. The van der Waals surface area contributed by atoms with E-state index in [9.17, 15) is 22.8 Å². The van der Waals surface area contributed by atoms with E-state index in [1.165, 1.54) is 19.1 Å². The van der Waals surface area contributed by atoms with Crippen LogP contribution < -0.4 is 16.2 Å². The number of nitrogens with one attached hydrogen (secondary N) is 2. The van der Waals surface area contributed by atoms with Crippen LogP contribution in [-0.2, 0) is 10.9 Å². The summed E-state index contributed by atoms with van der Waals surface area (Å²) in [5.41, 5.74) is 0.580. The molecule has 2 aromatic rings. The lowest BCUT2D eigenvalue weighted by Gasteiger charge is -2.38.